The third-order valence-corrected chi connectivity index (χ3v) is 7.06. The van der Waals surface area contributed by atoms with Crippen LogP contribution in [0.3, 0.4) is 0 Å². The van der Waals surface area contributed by atoms with Crippen LogP contribution in [-0.4, -0.2) is 25.1 Å². The zero-order valence-electron chi connectivity index (χ0n) is 16.9. The predicted octanol–water partition coefficient (Wildman–Crippen LogP) is 4.56. The van der Waals surface area contributed by atoms with Crippen LogP contribution in [-0.2, 0) is 14.8 Å². The number of hydrogen-bond acceptors (Lipinski definition) is 6. The number of aryl methyl sites for hydroxylation is 1. The fraction of sp³-hybridized carbons (Fsp3) is 0.286. The summed E-state index contributed by atoms with van der Waals surface area (Å²) < 4.78 is 29.8. The lowest BCUT2D eigenvalue weighted by atomic mass is 9.84. The van der Waals surface area contributed by atoms with E-state index in [1.807, 2.05) is 39.0 Å². The molecule has 0 fully saturated rings. The van der Waals surface area contributed by atoms with Crippen LogP contribution < -0.4 is 10.6 Å². The van der Waals surface area contributed by atoms with Gasteiger partial charge in [-0.2, -0.15) is 8.42 Å². The van der Waals surface area contributed by atoms with Gasteiger partial charge < -0.3 is 10.6 Å². The number of fused-ring (bicyclic) bond motifs is 2. The minimum atomic E-state index is -3.74. The highest BCUT2D eigenvalue weighted by atomic mass is 32.2. The van der Waals surface area contributed by atoms with Crippen molar-refractivity contribution < 1.29 is 13.2 Å². The molecule has 4 rings (SSSR count). The van der Waals surface area contributed by atoms with E-state index in [1.54, 1.807) is 18.2 Å². The van der Waals surface area contributed by atoms with Gasteiger partial charge in [-0.05, 0) is 42.2 Å². The highest BCUT2D eigenvalue weighted by Gasteiger charge is 2.30. The Bertz CT molecular complexity index is 1280. The first-order chi connectivity index (χ1) is 14.1. The van der Waals surface area contributed by atoms with Gasteiger partial charge in [0.2, 0.25) is 5.91 Å². The smallest absolute Gasteiger partial charge is 0.286 e. The number of sulfonamides is 1. The van der Waals surface area contributed by atoms with E-state index in [-0.39, 0.29) is 17.2 Å². The normalized spacial score (nSPS) is 15.2. The molecule has 156 valence electrons. The predicted molar refractivity (Wildman–Crippen MR) is 121 cm³/mol. The van der Waals surface area contributed by atoms with E-state index in [0.717, 1.165) is 15.8 Å². The molecule has 2 aromatic carbocycles. The van der Waals surface area contributed by atoms with E-state index in [2.05, 4.69) is 20.0 Å². The molecule has 3 aromatic rings. The second-order valence-electron chi connectivity index (χ2n) is 8.19. The Morgan fingerprint density at radius 3 is 2.77 bits per heavy atom. The molecule has 0 saturated carbocycles. The number of nitrogens with zero attached hydrogens (tertiary/aromatic N) is 2. The third-order valence-electron chi connectivity index (χ3n) is 4.75. The standard InChI is InChI=1S/C21H22N4O3S2/c1-13-8-9-14-16(10-13)29-20(23-14)24-19(26)12-21(2,3)11-18-22-15-6-4-5-7-17(15)30(27,28)25-18/h4-10H,11-12H2,1-3H3,(H,22,25)(H,23,24,26). The maximum Gasteiger partial charge on any atom is 0.286 e. The fourth-order valence-corrected chi connectivity index (χ4v) is 5.57. The number of para-hydroxylation sites is 1. The number of nitrogens with one attached hydrogen (secondary N) is 2. The molecular formula is C21H22N4O3S2. The Morgan fingerprint density at radius 2 is 1.97 bits per heavy atom. The molecule has 30 heavy (non-hydrogen) atoms. The average Bonchev–Trinajstić information content (AvgIpc) is 3.01. The van der Waals surface area contributed by atoms with Crippen molar-refractivity contribution in [3.05, 3.63) is 48.0 Å². The molecule has 7 nitrogen and oxygen atoms in total. The Kier molecular flexibility index (Phi) is 5.11. The lowest BCUT2D eigenvalue weighted by Crippen LogP contribution is -2.30. The molecule has 0 atom stereocenters. The van der Waals surface area contributed by atoms with Gasteiger partial charge in [0.1, 0.15) is 10.7 Å². The topological polar surface area (TPSA) is 101 Å². The monoisotopic (exact) mass is 442 g/mol. The van der Waals surface area contributed by atoms with Crippen LogP contribution in [0.5, 0.6) is 0 Å². The number of anilines is 2. The SMILES string of the molecule is Cc1ccc2nc(NC(=O)CC(C)(C)CC3=NS(=O)(=O)c4ccccc4N3)sc2c1. The first-order valence-corrected chi connectivity index (χ1v) is 11.7. The second kappa shape index (κ2) is 7.48. The first-order valence-electron chi connectivity index (χ1n) is 9.48. The van der Waals surface area contributed by atoms with Gasteiger partial charge in [-0.3, -0.25) is 4.79 Å². The van der Waals surface area contributed by atoms with E-state index < -0.39 is 15.4 Å². The summed E-state index contributed by atoms with van der Waals surface area (Å²) in [6, 6.07) is 12.6. The molecule has 0 radical (unpaired) electrons. The Hall–Kier alpha value is -2.78. The third kappa shape index (κ3) is 4.36. The largest absolute Gasteiger partial charge is 0.342 e. The summed E-state index contributed by atoms with van der Waals surface area (Å²) in [7, 11) is -3.74. The van der Waals surface area contributed by atoms with Crippen molar-refractivity contribution in [3.63, 3.8) is 0 Å². The minimum Gasteiger partial charge on any atom is -0.342 e. The van der Waals surface area contributed by atoms with Crippen molar-refractivity contribution in [2.24, 2.45) is 9.81 Å². The molecule has 1 amide bonds. The Balaban J connectivity index is 1.45. The van der Waals surface area contributed by atoms with Crippen LogP contribution in [0.15, 0.2) is 51.8 Å². The van der Waals surface area contributed by atoms with Crippen molar-refractivity contribution >= 4 is 54.1 Å². The van der Waals surface area contributed by atoms with Crippen molar-refractivity contribution in [1.29, 1.82) is 0 Å². The maximum atomic E-state index is 12.6. The molecule has 9 heteroatoms. The van der Waals surface area contributed by atoms with E-state index in [4.69, 9.17) is 0 Å². The van der Waals surface area contributed by atoms with Gasteiger partial charge in [0, 0.05) is 12.8 Å². The van der Waals surface area contributed by atoms with Gasteiger partial charge >= 0.3 is 0 Å². The number of aromatic nitrogens is 1. The van der Waals surface area contributed by atoms with Crippen LogP contribution in [0.2, 0.25) is 0 Å². The van der Waals surface area contributed by atoms with Gasteiger partial charge in [0.25, 0.3) is 10.0 Å². The molecule has 1 aliphatic rings. The highest BCUT2D eigenvalue weighted by Crippen LogP contribution is 2.33. The van der Waals surface area contributed by atoms with Crippen molar-refractivity contribution in [3.8, 4) is 0 Å². The number of rotatable bonds is 5. The minimum absolute atomic E-state index is 0.162. The number of benzene rings is 2. The average molecular weight is 443 g/mol. The number of carbonyl (C=O) groups excluding carboxylic acids is 1. The summed E-state index contributed by atoms with van der Waals surface area (Å²) >= 11 is 1.44. The maximum absolute atomic E-state index is 12.6. The second-order valence-corrected chi connectivity index (χ2v) is 10.8. The number of hydrogen-bond donors (Lipinski definition) is 2. The molecule has 1 aliphatic heterocycles. The van der Waals surface area contributed by atoms with Gasteiger partial charge in [0.15, 0.2) is 5.13 Å². The number of amides is 1. The van der Waals surface area contributed by atoms with E-state index in [9.17, 15) is 13.2 Å². The molecule has 0 aliphatic carbocycles. The number of amidine groups is 1. The summed E-state index contributed by atoms with van der Waals surface area (Å²) in [5.41, 5.74) is 1.99. The molecule has 0 spiro atoms. The van der Waals surface area contributed by atoms with E-state index >= 15 is 0 Å². The van der Waals surface area contributed by atoms with Crippen molar-refractivity contribution in [2.75, 3.05) is 10.6 Å². The summed E-state index contributed by atoms with van der Waals surface area (Å²) in [6.07, 6.45) is 0.511. The van der Waals surface area contributed by atoms with Gasteiger partial charge in [-0.15, -0.1) is 4.40 Å². The molecule has 2 heterocycles. The molecule has 0 unspecified atom stereocenters. The lowest BCUT2D eigenvalue weighted by molar-refractivity contribution is -0.117. The van der Waals surface area contributed by atoms with Crippen LogP contribution in [0.1, 0.15) is 32.3 Å². The zero-order valence-corrected chi connectivity index (χ0v) is 18.5. The lowest BCUT2D eigenvalue weighted by Gasteiger charge is -2.27. The van der Waals surface area contributed by atoms with Gasteiger partial charge in [-0.1, -0.05) is 43.4 Å². The van der Waals surface area contributed by atoms with Crippen LogP contribution in [0.25, 0.3) is 10.2 Å². The Labute approximate surface area is 179 Å². The van der Waals surface area contributed by atoms with Gasteiger partial charge in [-0.25, -0.2) is 4.98 Å². The van der Waals surface area contributed by atoms with Crippen LogP contribution in [0.4, 0.5) is 10.8 Å². The molecular weight excluding hydrogens is 420 g/mol. The zero-order chi connectivity index (χ0) is 21.5. The molecule has 0 bridgehead atoms. The molecule has 2 N–H and O–H groups in total. The highest BCUT2D eigenvalue weighted by molar-refractivity contribution is 7.90. The quantitative estimate of drug-likeness (QED) is 0.603. The Morgan fingerprint density at radius 1 is 1.20 bits per heavy atom. The van der Waals surface area contributed by atoms with Gasteiger partial charge in [0.05, 0.1) is 15.9 Å². The first kappa shape index (κ1) is 20.5. The number of carbonyl (C=O) groups is 1. The summed E-state index contributed by atoms with van der Waals surface area (Å²) in [6.45, 7) is 5.83. The molecule has 1 aromatic heterocycles. The number of thiazole rings is 1. The van der Waals surface area contributed by atoms with Crippen molar-refractivity contribution in [2.45, 2.75) is 38.5 Å². The fourth-order valence-electron chi connectivity index (χ4n) is 3.44. The van der Waals surface area contributed by atoms with Crippen molar-refractivity contribution in [1.82, 2.24) is 4.98 Å². The summed E-state index contributed by atoms with van der Waals surface area (Å²) in [4.78, 5) is 17.2. The van der Waals surface area contributed by atoms with E-state index in [0.29, 0.717) is 23.1 Å². The van der Waals surface area contributed by atoms with Crippen LogP contribution >= 0.6 is 11.3 Å². The summed E-state index contributed by atoms with van der Waals surface area (Å²) in [5, 5.41) is 6.51. The van der Waals surface area contributed by atoms with Crippen LogP contribution in [0, 0.1) is 12.3 Å². The van der Waals surface area contributed by atoms with E-state index in [1.165, 1.54) is 17.4 Å². The summed E-state index contributed by atoms with van der Waals surface area (Å²) in [5.74, 6) is 0.164. The molecule has 0 saturated heterocycles.